The zero-order valence-corrected chi connectivity index (χ0v) is 15.9. The molecule has 1 aliphatic carbocycles. The minimum absolute atomic E-state index is 0.197. The quantitative estimate of drug-likeness (QED) is 0.778. The summed E-state index contributed by atoms with van der Waals surface area (Å²) in [7, 11) is 1.70. The van der Waals surface area contributed by atoms with Gasteiger partial charge in [0.25, 0.3) is 0 Å². The molecule has 2 aliphatic rings. The average Bonchev–Trinajstić information content (AvgIpc) is 3.35. The van der Waals surface area contributed by atoms with E-state index in [1.165, 1.54) is 24.1 Å². The third-order valence-corrected chi connectivity index (χ3v) is 5.46. The van der Waals surface area contributed by atoms with Crippen LogP contribution in [0.3, 0.4) is 0 Å². The predicted octanol–water partition coefficient (Wildman–Crippen LogP) is 2.76. The molecular weight excluding hydrogens is 340 g/mol. The number of amides is 1. The molecule has 1 N–H and O–H groups in total. The van der Waals surface area contributed by atoms with Gasteiger partial charge in [-0.25, -0.2) is 0 Å². The minimum Gasteiger partial charge on any atom is -0.497 e. The fraction of sp³-hybridized carbons (Fsp3) is 0.524. The van der Waals surface area contributed by atoms with Crippen LogP contribution in [0.25, 0.3) is 0 Å². The topological polar surface area (TPSA) is 59.4 Å². The normalized spacial score (nSPS) is 19.5. The van der Waals surface area contributed by atoms with E-state index < -0.39 is 0 Å². The molecule has 0 radical (unpaired) electrons. The summed E-state index contributed by atoms with van der Waals surface area (Å²) >= 11 is 0. The van der Waals surface area contributed by atoms with Crippen molar-refractivity contribution in [3.8, 4) is 5.75 Å². The molecule has 4 rings (SSSR count). The number of carbonyl (C=O) groups excluding carboxylic acids is 1. The Kier molecular flexibility index (Phi) is 5.43. The molecule has 0 spiro atoms. The summed E-state index contributed by atoms with van der Waals surface area (Å²) < 4.78 is 7.48. The molecule has 6 nitrogen and oxygen atoms in total. The Morgan fingerprint density at radius 2 is 2.22 bits per heavy atom. The molecule has 0 saturated heterocycles. The maximum Gasteiger partial charge on any atom is 0.220 e. The van der Waals surface area contributed by atoms with Crippen LogP contribution in [0.2, 0.25) is 0 Å². The van der Waals surface area contributed by atoms with Crippen molar-refractivity contribution in [3.05, 3.63) is 47.8 Å². The van der Waals surface area contributed by atoms with Crippen molar-refractivity contribution in [1.29, 1.82) is 0 Å². The number of hydrogen-bond acceptors (Lipinski definition) is 4. The number of nitrogens with zero attached hydrogens (tertiary/aromatic N) is 3. The largest absolute Gasteiger partial charge is 0.497 e. The summed E-state index contributed by atoms with van der Waals surface area (Å²) in [6, 6.07) is 10.6. The lowest BCUT2D eigenvalue weighted by atomic mass is 10.1. The molecule has 0 bridgehead atoms. The Bertz CT molecular complexity index is 784. The molecule has 1 aromatic heterocycles. The fourth-order valence-electron chi connectivity index (χ4n) is 3.86. The Morgan fingerprint density at radius 1 is 1.33 bits per heavy atom. The van der Waals surface area contributed by atoms with E-state index in [1.807, 2.05) is 18.3 Å². The molecule has 1 atom stereocenters. The van der Waals surface area contributed by atoms with Crippen molar-refractivity contribution in [2.45, 2.75) is 44.8 Å². The van der Waals surface area contributed by atoms with Crippen LogP contribution < -0.4 is 10.1 Å². The standard InChI is InChI=1S/C21H28N4O2/c1-27-20-4-2-3-17(11-20)13-24-14-18(25-19(15-24)8-10-23-25)7-9-22-21(26)12-16-5-6-16/h2-4,8,10-11,16,18H,5-7,9,12-15H2,1H3,(H,22,26)/t18-/m1/s1. The third-order valence-electron chi connectivity index (χ3n) is 5.46. The highest BCUT2D eigenvalue weighted by molar-refractivity contribution is 5.76. The smallest absolute Gasteiger partial charge is 0.220 e. The Balaban J connectivity index is 1.35. The zero-order chi connectivity index (χ0) is 18.6. The number of ether oxygens (including phenoxy) is 1. The summed E-state index contributed by atoms with van der Waals surface area (Å²) in [5, 5.41) is 7.61. The first-order valence-electron chi connectivity index (χ1n) is 9.85. The van der Waals surface area contributed by atoms with Crippen molar-refractivity contribution in [2.75, 3.05) is 20.2 Å². The van der Waals surface area contributed by atoms with Crippen LogP contribution in [0.5, 0.6) is 5.75 Å². The number of nitrogens with one attached hydrogen (secondary N) is 1. The van der Waals surface area contributed by atoms with E-state index in [-0.39, 0.29) is 11.9 Å². The van der Waals surface area contributed by atoms with Gasteiger partial charge < -0.3 is 10.1 Å². The van der Waals surface area contributed by atoms with Crippen LogP contribution in [0, 0.1) is 5.92 Å². The summed E-state index contributed by atoms with van der Waals surface area (Å²) in [6.45, 7) is 3.42. The second-order valence-corrected chi connectivity index (χ2v) is 7.73. The molecule has 1 aromatic carbocycles. The molecule has 2 aromatic rings. The van der Waals surface area contributed by atoms with E-state index in [1.54, 1.807) is 7.11 Å². The van der Waals surface area contributed by atoms with Crippen LogP contribution in [0.15, 0.2) is 36.5 Å². The Hall–Kier alpha value is -2.34. The van der Waals surface area contributed by atoms with Crippen molar-refractivity contribution < 1.29 is 9.53 Å². The number of fused-ring (bicyclic) bond motifs is 1. The van der Waals surface area contributed by atoms with E-state index in [0.717, 1.165) is 31.8 Å². The van der Waals surface area contributed by atoms with Gasteiger partial charge in [0.1, 0.15) is 5.75 Å². The second kappa shape index (κ2) is 8.13. The molecule has 6 heteroatoms. The van der Waals surface area contributed by atoms with Gasteiger partial charge in [0.15, 0.2) is 0 Å². The van der Waals surface area contributed by atoms with Gasteiger partial charge in [0.05, 0.1) is 18.8 Å². The lowest BCUT2D eigenvalue weighted by Gasteiger charge is -2.34. The number of aromatic nitrogens is 2. The SMILES string of the molecule is COc1cccc(CN2Cc3ccnn3[C@H](CCNC(=O)CC3CC3)C2)c1. The first-order chi connectivity index (χ1) is 13.2. The van der Waals surface area contributed by atoms with Crippen molar-refractivity contribution in [2.24, 2.45) is 5.92 Å². The van der Waals surface area contributed by atoms with Crippen LogP contribution in [0.1, 0.15) is 43.0 Å². The second-order valence-electron chi connectivity index (χ2n) is 7.73. The molecule has 1 fully saturated rings. The van der Waals surface area contributed by atoms with Crippen LogP contribution in [0.4, 0.5) is 0 Å². The van der Waals surface area contributed by atoms with Gasteiger partial charge in [-0.1, -0.05) is 12.1 Å². The number of benzene rings is 1. The summed E-state index contributed by atoms with van der Waals surface area (Å²) in [5.74, 6) is 1.72. The van der Waals surface area contributed by atoms with Gasteiger partial charge in [-0.3, -0.25) is 14.4 Å². The first kappa shape index (κ1) is 18.0. The molecule has 0 unspecified atom stereocenters. The Labute approximate surface area is 160 Å². The van der Waals surface area contributed by atoms with Crippen molar-refractivity contribution in [3.63, 3.8) is 0 Å². The maximum absolute atomic E-state index is 11.9. The summed E-state index contributed by atoms with van der Waals surface area (Å²) in [6.07, 6.45) is 5.90. The number of methoxy groups -OCH3 is 1. The summed E-state index contributed by atoms with van der Waals surface area (Å²) in [5.41, 5.74) is 2.48. The number of hydrogen-bond donors (Lipinski definition) is 1. The van der Waals surface area contributed by atoms with Crippen LogP contribution in [-0.4, -0.2) is 40.8 Å². The summed E-state index contributed by atoms with van der Waals surface area (Å²) in [4.78, 5) is 14.4. The van der Waals surface area contributed by atoms with Gasteiger partial charge in [-0.15, -0.1) is 0 Å². The van der Waals surface area contributed by atoms with E-state index >= 15 is 0 Å². The fourth-order valence-corrected chi connectivity index (χ4v) is 3.86. The van der Waals surface area contributed by atoms with Gasteiger partial charge in [0.2, 0.25) is 5.91 Å². The molecule has 1 amide bonds. The van der Waals surface area contributed by atoms with E-state index in [9.17, 15) is 4.79 Å². The maximum atomic E-state index is 11.9. The molecule has 1 aliphatic heterocycles. The third kappa shape index (κ3) is 4.69. The highest BCUT2D eigenvalue weighted by atomic mass is 16.5. The van der Waals surface area contributed by atoms with Gasteiger partial charge in [0, 0.05) is 38.8 Å². The minimum atomic E-state index is 0.197. The molecule has 27 heavy (non-hydrogen) atoms. The lowest BCUT2D eigenvalue weighted by Crippen LogP contribution is -2.39. The van der Waals surface area contributed by atoms with E-state index in [0.29, 0.717) is 18.9 Å². The highest BCUT2D eigenvalue weighted by Gasteiger charge is 2.27. The number of carbonyl (C=O) groups is 1. The molecular formula is C21H28N4O2. The molecule has 1 saturated carbocycles. The highest BCUT2D eigenvalue weighted by Crippen LogP contribution is 2.32. The Morgan fingerprint density at radius 3 is 3.04 bits per heavy atom. The van der Waals surface area contributed by atoms with E-state index in [2.05, 4.69) is 38.2 Å². The van der Waals surface area contributed by atoms with Gasteiger partial charge >= 0.3 is 0 Å². The van der Waals surface area contributed by atoms with Crippen LogP contribution >= 0.6 is 0 Å². The number of rotatable bonds is 8. The first-order valence-corrected chi connectivity index (χ1v) is 9.85. The van der Waals surface area contributed by atoms with Crippen LogP contribution in [-0.2, 0) is 17.9 Å². The molecule has 144 valence electrons. The monoisotopic (exact) mass is 368 g/mol. The molecule has 2 heterocycles. The predicted molar refractivity (Wildman–Crippen MR) is 103 cm³/mol. The average molecular weight is 368 g/mol. The van der Waals surface area contributed by atoms with Crippen molar-refractivity contribution in [1.82, 2.24) is 20.0 Å². The zero-order valence-electron chi connectivity index (χ0n) is 15.9. The lowest BCUT2D eigenvalue weighted by molar-refractivity contribution is -0.121. The van der Waals surface area contributed by atoms with E-state index in [4.69, 9.17) is 4.74 Å². The van der Waals surface area contributed by atoms with Crippen molar-refractivity contribution >= 4 is 5.91 Å². The van der Waals surface area contributed by atoms with Gasteiger partial charge in [-0.2, -0.15) is 5.10 Å². The van der Waals surface area contributed by atoms with Gasteiger partial charge in [-0.05, 0) is 48.9 Å².